The van der Waals surface area contributed by atoms with Gasteiger partial charge in [-0.2, -0.15) is 0 Å². The normalized spacial score (nSPS) is 10.5. The molecule has 0 radical (unpaired) electrons. The first-order chi connectivity index (χ1) is 10.5. The van der Waals surface area contributed by atoms with Crippen LogP contribution in [0.25, 0.3) is 5.69 Å². The van der Waals surface area contributed by atoms with Gasteiger partial charge >= 0.3 is 0 Å². The summed E-state index contributed by atoms with van der Waals surface area (Å²) in [5.74, 6) is -1.83. The van der Waals surface area contributed by atoms with Gasteiger partial charge in [0.1, 0.15) is 0 Å². The molecule has 6 heteroatoms. The Kier molecular flexibility index (Phi) is 5.04. The quantitative estimate of drug-likeness (QED) is 0.449. The molecule has 2 rings (SSSR count). The summed E-state index contributed by atoms with van der Waals surface area (Å²) < 4.78 is 32.9. The molecular formula is C16H16F2N2O2. The van der Waals surface area contributed by atoms with Crippen molar-refractivity contribution in [2.75, 3.05) is 6.61 Å². The summed E-state index contributed by atoms with van der Waals surface area (Å²) in [6, 6.07) is 3.63. The molecule has 0 amide bonds. The standard InChI is InChI=1S/C16H16F2N2O2/c1-11(2)7-15-16(5-6-22-10-21)20(9-19-15)12-3-4-13(17)14(18)8-12/h3-4,8-10H,1,5-7H2,2H3. The second kappa shape index (κ2) is 6.98. The molecule has 0 unspecified atom stereocenters. The summed E-state index contributed by atoms with van der Waals surface area (Å²) in [6.07, 6.45) is 2.52. The maximum atomic E-state index is 13.4. The number of nitrogens with zero attached hydrogens (tertiary/aromatic N) is 2. The average Bonchev–Trinajstić information content (AvgIpc) is 2.84. The van der Waals surface area contributed by atoms with Crippen molar-refractivity contribution >= 4 is 6.47 Å². The molecule has 0 saturated carbocycles. The number of carbonyl (C=O) groups is 1. The molecule has 0 aliphatic carbocycles. The van der Waals surface area contributed by atoms with Crippen LogP contribution < -0.4 is 0 Å². The van der Waals surface area contributed by atoms with Crippen molar-refractivity contribution in [1.29, 1.82) is 0 Å². The SMILES string of the molecule is C=C(C)Cc1ncn(-c2ccc(F)c(F)c2)c1CCOC=O. The minimum absolute atomic E-state index is 0.183. The monoisotopic (exact) mass is 306 g/mol. The van der Waals surface area contributed by atoms with Gasteiger partial charge in [0.25, 0.3) is 6.47 Å². The van der Waals surface area contributed by atoms with Crippen molar-refractivity contribution in [2.24, 2.45) is 0 Å². The number of hydrogen-bond donors (Lipinski definition) is 0. The van der Waals surface area contributed by atoms with Crippen LogP contribution in [0.3, 0.4) is 0 Å². The van der Waals surface area contributed by atoms with Gasteiger partial charge in [-0.05, 0) is 19.1 Å². The summed E-state index contributed by atoms with van der Waals surface area (Å²) in [5.41, 5.74) is 2.93. The Morgan fingerprint density at radius 2 is 2.18 bits per heavy atom. The number of allylic oxidation sites excluding steroid dienone is 1. The van der Waals surface area contributed by atoms with Crippen LogP contribution in [-0.2, 0) is 22.4 Å². The van der Waals surface area contributed by atoms with Gasteiger partial charge in [0.2, 0.25) is 0 Å². The van der Waals surface area contributed by atoms with Crippen molar-refractivity contribution in [3.63, 3.8) is 0 Å². The molecule has 1 aromatic heterocycles. The molecule has 1 aromatic carbocycles. The van der Waals surface area contributed by atoms with E-state index in [4.69, 9.17) is 4.74 Å². The van der Waals surface area contributed by atoms with Crippen LogP contribution in [0, 0.1) is 11.6 Å². The van der Waals surface area contributed by atoms with E-state index in [9.17, 15) is 13.6 Å². The fourth-order valence-corrected chi connectivity index (χ4v) is 2.17. The van der Waals surface area contributed by atoms with Crippen molar-refractivity contribution in [3.8, 4) is 5.69 Å². The Morgan fingerprint density at radius 1 is 1.41 bits per heavy atom. The molecule has 0 N–H and O–H groups in total. The van der Waals surface area contributed by atoms with Crippen LogP contribution in [0.4, 0.5) is 8.78 Å². The predicted molar refractivity (Wildman–Crippen MR) is 77.7 cm³/mol. The topological polar surface area (TPSA) is 44.1 Å². The van der Waals surface area contributed by atoms with Gasteiger partial charge in [-0.3, -0.25) is 4.79 Å². The summed E-state index contributed by atoms with van der Waals surface area (Å²) in [5, 5.41) is 0. The van der Waals surface area contributed by atoms with Gasteiger partial charge < -0.3 is 9.30 Å². The van der Waals surface area contributed by atoms with Crippen LogP contribution in [0.1, 0.15) is 18.3 Å². The Hall–Kier alpha value is -2.50. The van der Waals surface area contributed by atoms with Crippen molar-refractivity contribution in [2.45, 2.75) is 19.8 Å². The number of benzene rings is 1. The lowest BCUT2D eigenvalue weighted by atomic mass is 10.1. The Bertz CT molecular complexity index is 695. The van der Waals surface area contributed by atoms with Crippen LogP contribution in [0.5, 0.6) is 0 Å². The van der Waals surface area contributed by atoms with E-state index in [1.165, 1.54) is 6.07 Å². The van der Waals surface area contributed by atoms with E-state index in [1.54, 1.807) is 10.9 Å². The Labute approximate surface area is 127 Å². The van der Waals surface area contributed by atoms with Crippen molar-refractivity contribution in [3.05, 3.63) is 59.7 Å². The van der Waals surface area contributed by atoms with Crippen molar-refractivity contribution in [1.82, 2.24) is 9.55 Å². The molecule has 22 heavy (non-hydrogen) atoms. The van der Waals surface area contributed by atoms with Gasteiger partial charge in [-0.1, -0.05) is 12.2 Å². The smallest absolute Gasteiger partial charge is 0.293 e. The Balaban J connectivity index is 2.40. The zero-order chi connectivity index (χ0) is 16.1. The largest absolute Gasteiger partial charge is 0.467 e. The fraction of sp³-hybridized carbons (Fsp3) is 0.250. The minimum atomic E-state index is -0.928. The number of imidazole rings is 1. The number of aromatic nitrogens is 2. The maximum Gasteiger partial charge on any atom is 0.293 e. The first-order valence-corrected chi connectivity index (χ1v) is 6.73. The fourth-order valence-electron chi connectivity index (χ4n) is 2.17. The van der Waals surface area contributed by atoms with E-state index in [0.29, 0.717) is 25.0 Å². The molecule has 116 valence electrons. The van der Waals surface area contributed by atoms with Crippen LogP contribution in [-0.4, -0.2) is 22.6 Å². The van der Waals surface area contributed by atoms with Gasteiger partial charge in [-0.15, -0.1) is 0 Å². The van der Waals surface area contributed by atoms with Crippen LogP contribution in [0.2, 0.25) is 0 Å². The minimum Gasteiger partial charge on any atom is -0.467 e. The molecule has 1 heterocycles. The van der Waals surface area contributed by atoms with E-state index in [-0.39, 0.29) is 6.61 Å². The third-order valence-electron chi connectivity index (χ3n) is 3.13. The molecule has 0 spiro atoms. The highest BCUT2D eigenvalue weighted by molar-refractivity contribution is 5.38. The number of halogens is 2. The van der Waals surface area contributed by atoms with Crippen LogP contribution >= 0.6 is 0 Å². The summed E-state index contributed by atoms with van der Waals surface area (Å²) in [6.45, 7) is 6.28. The number of rotatable bonds is 7. The highest BCUT2D eigenvalue weighted by Crippen LogP contribution is 2.20. The van der Waals surface area contributed by atoms with E-state index >= 15 is 0 Å². The van der Waals surface area contributed by atoms with Gasteiger partial charge in [0, 0.05) is 30.3 Å². The van der Waals surface area contributed by atoms with Gasteiger partial charge in [0.15, 0.2) is 11.6 Å². The molecule has 0 saturated heterocycles. The van der Waals surface area contributed by atoms with Crippen LogP contribution in [0.15, 0.2) is 36.7 Å². The van der Waals surface area contributed by atoms with Crippen molar-refractivity contribution < 1.29 is 18.3 Å². The zero-order valence-electron chi connectivity index (χ0n) is 12.2. The average molecular weight is 306 g/mol. The van der Waals surface area contributed by atoms with Gasteiger partial charge in [0.05, 0.1) is 18.6 Å². The maximum absolute atomic E-state index is 13.4. The molecular weight excluding hydrogens is 290 g/mol. The lowest BCUT2D eigenvalue weighted by Gasteiger charge is -2.10. The number of carbonyl (C=O) groups excluding carboxylic acids is 1. The molecule has 4 nitrogen and oxygen atoms in total. The molecule has 0 bridgehead atoms. The molecule has 0 atom stereocenters. The highest BCUT2D eigenvalue weighted by Gasteiger charge is 2.14. The lowest BCUT2D eigenvalue weighted by molar-refractivity contribution is -0.128. The number of hydrogen-bond acceptors (Lipinski definition) is 3. The van der Waals surface area contributed by atoms with E-state index in [0.717, 1.165) is 29.1 Å². The second-order valence-corrected chi connectivity index (χ2v) is 4.96. The number of ether oxygens (including phenoxy) is 1. The second-order valence-electron chi connectivity index (χ2n) is 4.96. The van der Waals surface area contributed by atoms with Gasteiger partial charge in [-0.25, -0.2) is 13.8 Å². The van der Waals surface area contributed by atoms with E-state index in [1.807, 2.05) is 6.92 Å². The first kappa shape index (κ1) is 15.9. The zero-order valence-corrected chi connectivity index (χ0v) is 12.2. The third-order valence-corrected chi connectivity index (χ3v) is 3.13. The summed E-state index contributed by atoms with van der Waals surface area (Å²) >= 11 is 0. The highest BCUT2D eigenvalue weighted by atomic mass is 19.2. The third kappa shape index (κ3) is 3.58. The molecule has 0 fully saturated rings. The molecule has 0 aliphatic heterocycles. The lowest BCUT2D eigenvalue weighted by Crippen LogP contribution is -2.07. The molecule has 2 aromatic rings. The predicted octanol–water partition coefficient (Wildman–Crippen LogP) is 2.98. The van der Waals surface area contributed by atoms with E-state index < -0.39 is 11.6 Å². The summed E-state index contributed by atoms with van der Waals surface area (Å²) in [7, 11) is 0. The van der Waals surface area contributed by atoms with E-state index in [2.05, 4.69) is 11.6 Å². The Morgan fingerprint density at radius 3 is 2.82 bits per heavy atom. The molecule has 0 aliphatic rings. The summed E-state index contributed by atoms with van der Waals surface area (Å²) in [4.78, 5) is 14.6. The first-order valence-electron chi connectivity index (χ1n) is 6.73.